The standard InChI is InChI=1S/C12H21N5/c1-12(2,3)14-9-6-7-17(8-9)11-5-4-10(13)15-16-11/h4-5,9,14H,6-8H2,1-3H3,(H2,13,15). The van der Waals surface area contributed by atoms with E-state index in [4.69, 9.17) is 5.73 Å². The molecule has 0 bridgehead atoms. The lowest BCUT2D eigenvalue weighted by Gasteiger charge is -2.26. The average molecular weight is 235 g/mol. The molecule has 1 aliphatic rings. The third-order valence-corrected chi connectivity index (χ3v) is 2.82. The third-order valence-electron chi connectivity index (χ3n) is 2.82. The Hall–Kier alpha value is -1.36. The summed E-state index contributed by atoms with van der Waals surface area (Å²) in [6.07, 6.45) is 1.14. The fourth-order valence-electron chi connectivity index (χ4n) is 2.20. The summed E-state index contributed by atoms with van der Waals surface area (Å²) < 4.78 is 0. The van der Waals surface area contributed by atoms with Crippen LogP contribution < -0.4 is 16.0 Å². The van der Waals surface area contributed by atoms with Crippen LogP contribution in [-0.2, 0) is 0 Å². The van der Waals surface area contributed by atoms with Crippen LogP contribution in [0.5, 0.6) is 0 Å². The van der Waals surface area contributed by atoms with Crippen molar-refractivity contribution in [1.82, 2.24) is 15.5 Å². The monoisotopic (exact) mass is 235 g/mol. The largest absolute Gasteiger partial charge is 0.382 e. The van der Waals surface area contributed by atoms with Gasteiger partial charge in [-0.3, -0.25) is 0 Å². The number of anilines is 2. The van der Waals surface area contributed by atoms with E-state index in [0.29, 0.717) is 11.9 Å². The summed E-state index contributed by atoms with van der Waals surface area (Å²) in [5.74, 6) is 1.38. The second-order valence-electron chi connectivity index (χ2n) is 5.64. The van der Waals surface area contributed by atoms with Gasteiger partial charge in [-0.2, -0.15) is 0 Å². The van der Waals surface area contributed by atoms with Crippen LogP contribution in [0.3, 0.4) is 0 Å². The molecule has 94 valence electrons. The van der Waals surface area contributed by atoms with Gasteiger partial charge in [-0.05, 0) is 39.3 Å². The zero-order chi connectivity index (χ0) is 12.5. The molecular weight excluding hydrogens is 214 g/mol. The third kappa shape index (κ3) is 3.30. The molecule has 2 heterocycles. The van der Waals surface area contributed by atoms with Crippen molar-refractivity contribution in [2.24, 2.45) is 0 Å². The van der Waals surface area contributed by atoms with Crippen molar-refractivity contribution in [3.05, 3.63) is 12.1 Å². The van der Waals surface area contributed by atoms with Gasteiger partial charge in [0.2, 0.25) is 0 Å². The van der Waals surface area contributed by atoms with E-state index in [1.165, 1.54) is 0 Å². The summed E-state index contributed by atoms with van der Waals surface area (Å²) in [7, 11) is 0. The van der Waals surface area contributed by atoms with Crippen LogP contribution >= 0.6 is 0 Å². The minimum Gasteiger partial charge on any atom is -0.382 e. The molecule has 1 aromatic heterocycles. The Kier molecular flexibility index (Phi) is 3.19. The van der Waals surface area contributed by atoms with E-state index in [1.54, 1.807) is 6.07 Å². The molecule has 0 amide bonds. The number of nitrogen functional groups attached to an aromatic ring is 1. The van der Waals surface area contributed by atoms with Gasteiger partial charge in [0, 0.05) is 24.7 Å². The summed E-state index contributed by atoms with van der Waals surface area (Å²) in [6.45, 7) is 8.58. The van der Waals surface area contributed by atoms with Gasteiger partial charge in [-0.25, -0.2) is 0 Å². The van der Waals surface area contributed by atoms with Crippen molar-refractivity contribution < 1.29 is 0 Å². The predicted octanol–water partition coefficient (Wildman–Crippen LogP) is 1.03. The molecular formula is C12H21N5. The van der Waals surface area contributed by atoms with Crippen molar-refractivity contribution in [2.75, 3.05) is 23.7 Å². The van der Waals surface area contributed by atoms with Gasteiger partial charge >= 0.3 is 0 Å². The Bertz CT molecular complexity index is 367. The van der Waals surface area contributed by atoms with E-state index in [1.807, 2.05) is 6.07 Å². The van der Waals surface area contributed by atoms with Crippen molar-refractivity contribution in [3.63, 3.8) is 0 Å². The first kappa shape index (κ1) is 12.1. The predicted molar refractivity (Wildman–Crippen MR) is 70.0 cm³/mol. The van der Waals surface area contributed by atoms with Crippen LogP contribution in [0.4, 0.5) is 11.6 Å². The van der Waals surface area contributed by atoms with Crippen molar-refractivity contribution >= 4 is 11.6 Å². The van der Waals surface area contributed by atoms with Crippen LogP contribution in [0.15, 0.2) is 12.1 Å². The SMILES string of the molecule is CC(C)(C)NC1CCN(c2ccc(N)nn2)C1. The smallest absolute Gasteiger partial charge is 0.151 e. The Morgan fingerprint density at radius 1 is 1.35 bits per heavy atom. The summed E-state index contributed by atoms with van der Waals surface area (Å²) in [5.41, 5.74) is 5.69. The molecule has 2 rings (SSSR count). The average Bonchev–Trinajstić information content (AvgIpc) is 2.64. The minimum absolute atomic E-state index is 0.160. The number of hydrogen-bond donors (Lipinski definition) is 2. The maximum absolute atomic E-state index is 5.53. The topological polar surface area (TPSA) is 67.1 Å². The number of rotatable bonds is 2. The number of nitrogens with two attached hydrogens (primary N) is 1. The summed E-state index contributed by atoms with van der Waals surface area (Å²) >= 11 is 0. The van der Waals surface area contributed by atoms with E-state index >= 15 is 0 Å². The summed E-state index contributed by atoms with van der Waals surface area (Å²) in [4.78, 5) is 2.25. The minimum atomic E-state index is 0.160. The molecule has 0 spiro atoms. The molecule has 5 nitrogen and oxygen atoms in total. The molecule has 1 fully saturated rings. The highest BCUT2D eigenvalue weighted by Crippen LogP contribution is 2.19. The van der Waals surface area contributed by atoms with Gasteiger partial charge in [0.05, 0.1) is 0 Å². The Morgan fingerprint density at radius 3 is 2.71 bits per heavy atom. The first-order valence-electron chi connectivity index (χ1n) is 6.06. The molecule has 3 N–H and O–H groups in total. The van der Waals surface area contributed by atoms with Gasteiger partial charge in [0.15, 0.2) is 5.82 Å². The maximum atomic E-state index is 5.53. The summed E-state index contributed by atoms with van der Waals surface area (Å²) in [5, 5.41) is 11.6. The summed E-state index contributed by atoms with van der Waals surface area (Å²) in [6, 6.07) is 4.25. The van der Waals surface area contributed by atoms with Crippen LogP contribution in [0.2, 0.25) is 0 Å². The van der Waals surface area contributed by atoms with Crippen LogP contribution in [0.25, 0.3) is 0 Å². The number of nitrogens with one attached hydrogen (secondary N) is 1. The molecule has 0 saturated carbocycles. The molecule has 1 atom stereocenters. The lowest BCUT2D eigenvalue weighted by Crippen LogP contribution is -2.45. The Labute approximate surface area is 102 Å². The lowest BCUT2D eigenvalue weighted by molar-refractivity contribution is 0.373. The molecule has 0 radical (unpaired) electrons. The lowest BCUT2D eigenvalue weighted by atomic mass is 10.1. The van der Waals surface area contributed by atoms with E-state index in [-0.39, 0.29) is 5.54 Å². The quantitative estimate of drug-likeness (QED) is 0.801. The second kappa shape index (κ2) is 4.49. The molecule has 1 unspecified atom stereocenters. The zero-order valence-electron chi connectivity index (χ0n) is 10.8. The van der Waals surface area contributed by atoms with Gasteiger partial charge in [0.25, 0.3) is 0 Å². The Balaban J connectivity index is 1.96. The van der Waals surface area contributed by atoms with Crippen molar-refractivity contribution in [1.29, 1.82) is 0 Å². The van der Waals surface area contributed by atoms with E-state index in [9.17, 15) is 0 Å². The van der Waals surface area contributed by atoms with Gasteiger partial charge in [0.1, 0.15) is 5.82 Å². The first-order valence-corrected chi connectivity index (χ1v) is 6.06. The van der Waals surface area contributed by atoms with Gasteiger partial charge in [-0.15, -0.1) is 10.2 Å². The highest BCUT2D eigenvalue weighted by molar-refractivity contribution is 5.42. The van der Waals surface area contributed by atoms with E-state index < -0.39 is 0 Å². The fraction of sp³-hybridized carbons (Fsp3) is 0.667. The highest BCUT2D eigenvalue weighted by Gasteiger charge is 2.26. The van der Waals surface area contributed by atoms with E-state index in [2.05, 4.69) is 41.2 Å². The molecule has 1 aliphatic heterocycles. The molecule has 0 aromatic carbocycles. The van der Waals surface area contributed by atoms with Crippen molar-refractivity contribution in [3.8, 4) is 0 Å². The maximum Gasteiger partial charge on any atom is 0.151 e. The molecule has 1 saturated heterocycles. The number of nitrogens with zero attached hydrogens (tertiary/aromatic N) is 3. The Morgan fingerprint density at radius 2 is 2.12 bits per heavy atom. The van der Waals surface area contributed by atoms with Gasteiger partial charge in [-0.1, -0.05) is 0 Å². The fourth-order valence-corrected chi connectivity index (χ4v) is 2.20. The molecule has 1 aromatic rings. The highest BCUT2D eigenvalue weighted by atomic mass is 15.3. The molecule has 17 heavy (non-hydrogen) atoms. The van der Waals surface area contributed by atoms with Crippen LogP contribution in [0, 0.1) is 0 Å². The molecule has 0 aliphatic carbocycles. The normalized spacial score (nSPS) is 20.9. The first-order chi connectivity index (χ1) is 7.94. The van der Waals surface area contributed by atoms with Gasteiger partial charge < -0.3 is 16.0 Å². The van der Waals surface area contributed by atoms with E-state index in [0.717, 1.165) is 25.3 Å². The zero-order valence-corrected chi connectivity index (χ0v) is 10.8. The van der Waals surface area contributed by atoms with Crippen LogP contribution in [-0.4, -0.2) is 34.9 Å². The number of aromatic nitrogens is 2. The second-order valence-corrected chi connectivity index (χ2v) is 5.64. The number of hydrogen-bond acceptors (Lipinski definition) is 5. The van der Waals surface area contributed by atoms with Crippen molar-refractivity contribution in [2.45, 2.75) is 38.8 Å². The molecule has 5 heteroatoms. The van der Waals surface area contributed by atoms with Crippen LogP contribution in [0.1, 0.15) is 27.2 Å².